The van der Waals surface area contributed by atoms with Crippen LogP contribution in [0.2, 0.25) is 0 Å². The summed E-state index contributed by atoms with van der Waals surface area (Å²) < 4.78 is 21.4. The van der Waals surface area contributed by atoms with E-state index in [9.17, 15) is 23.6 Å². The van der Waals surface area contributed by atoms with Gasteiger partial charge in [0.15, 0.2) is 0 Å². The summed E-state index contributed by atoms with van der Waals surface area (Å²) in [6.07, 6.45) is 0.869. The smallest absolute Gasteiger partial charge is 0.410 e. The Bertz CT molecular complexity index is 1630. The van der Waals surface area contributed by atoms with Crippen molar-refractivity contribution in [2.24, 2.45) is 0 Å². The Balaban J connectivity index is 1.55. The maximum absolute atomic E-state index is 14.0. The molecule has 3 aromatic rings. The minimum Gasteiger partial charge on any atom is -0.444 e. The number of ether oxygens (including phenoxy) is 1. The zero-order valence-corrected chi connectivity index (χ0v) is 23.9. The molecule has 0 N–H and O–H groups in total. The highest BCUT2D eigenvalue weighted by atomic mass is 19.1. The summed E-state index contributed by atoms with van der Waals surface area (Å²) in [6, 6.07) is 10.3. The number of halogens is 1. The molecule has 216 valence electrons. The van der Waals surface area contributed by atoms with Crippen LogP contribution in [0.1, 0.15) is 60.8 Å². The number of piperazine rings is 1. The number of nitrogens with zero attached hydrogens (tertiary/aromatic N) is 5. The molecule has 2 aliphatic heterocycles. The molecule has 10 nitrogen and oxygen atoms in total. The van der Waals surface area contributed by atoms with Crippen LogP contribution in [0.25, 0.3) is 5.69 Å². The molecule has 2 bridgehead atoms. The summed E-state index contributed by atoms with van der Waals surface area (Å²) in [4.78, 5) is 57.2. The van der Waals surface area contributed by atoms with E-state index in [0.717, 1.165) is 20.4 Å². The van der Waals surface area contributed by atoms with Crippen molar-refractivity contribution in [3.63, 3.8) is 0 Å². The Morgan fingerprint density at radius 2 is 1.68 bits per heavy atom. The van der Waals surface area contributed by atoms with E-state index in [1.165, 1.54) is 18.2 Å². The van der Waals surface area contributed by atoms with Crippen molar-refractivity contribution >= 4 is 12.0 Å². The van der Waals surface area contributed by atoms with Gasteiger partial charge in [0.2, 0.25) is 5.69 Å². The van der Waals surface area contributed by atoms with E-state index in [-0.39, 0.29) is 31.7 Å². The summed E-state index contributed by atoms with van der Waals surface area (Å²) in [6.45, 7) is 9.51. The number of rotatable bonds is 4. The van der Waals surface area contributed by atoms with Crippen molar-refractivity contribution in [3.8, 4) is 5.69 Å². The van der Waals surface area contributed by atoms with E-state index >= 15 is 0 Å². The third kappa shape index (κ3) is 5.66. The maximum atomic E-state index is 14.0. The first-order chi connectivity index (χ1) is 19.3. The van der Waals surface area contributed by atoms with Crippen LogP contribution in [0.4, 0.5) is 9.18 Å². The van der Waals surface area contributed by atoms with Gasteiger partial charge in [-0.05, 0) is 88.4 Å². The van der Waals surface area contributed by atoms with E-state index in [2.05, 4.69) is 5.10 Å². The van der Waals surface area contributed by atoms with Crippen LogP contribution < -0.4 is 11.2 Å². The van der Waals surface area contributed by atoms with Gasteiger partial charge in [-0.25, -0.2) is 14.0 Å². The zero-order chi connectivity index (χ0) is 29.6. The lowest BCUT2D eigenvalue weighted by molar-refractivity contribution is 0.00215. The molecule has 2 unspecified atom stereocenters. The van der Waals surface area contributed by atoms with E-state index in [0.29, 0.717) is 24.1 Å². The Hall–Kier alpha value is -4.28. The summed E-state index contributed by atoms with van der Waals surface area (Å²) >= 11 is 0. The van der Waals surface area contributed by atoms with Crippen LogP contribution in [0.3, 0.4) is 0 Å². The van der Waals surface area contributed by atoms with Crippen molar-refractivity contribution in [2.45, 2.75) is 71.7 Å². The highest BCUT2D eigenvalue weighted by Crippen LogP contribution is 2.32. The predicted octanol–water partition coefficient (Wildman–Crippen LogP) is 3.42. The molecule has 0 spiro atoms. The van der Waals surface area contributed by atoms with Gasteiger partial charge < -0.3 is 14.5 Å². The molecular weight excluding hydrogens is 529 g/mol. The molecule has 0 aliphatic carbocycles. The van der Waals surface area contributed by atoms with Crippen LogP contribution in [-0.4, -0.2) is 66.9 Å². The van der Waals surface area contributed by atoms with Gasteiger partial charge in [-0.2, -0.15) is 9.78 Å². The second-order valence-corrected chi connectivity index (χ2v) is 11.8. The predicted molar refractivity (Wildman–Crippen MR) is 150 cm³/mol. The topological polar surface area (TPSA) is 107 Å². The number of aryl methyl sites for hydroxylation is 2. The van der Waals surface area contributed by atoms with Crippen molar-refractivity contribution in [1.82, 2.24) is 24.1 Å². The molecule has 11 heteroatoms. The monoisotopic (exact) mass is 563 g/mol. The van der Waals surface area contributed by atoms with Crippen LogP contribution in [0, 0.1) is 19.7 Å². The second-order valence-electron chi connectivity index (χ2n) is 11.8. The Morgan fingerprint density at radius 1 is 1.00 bits per heavy atom. The maximum Gasteiger partial charge on any atom is 0.410 e. The average Bonchev–Trinajstić information content (AvgIpc) is 3.16. The summed E-state index contributed by atoms with van der Waals surface area (Å²) in [5.41, 5.74) is 0.0667. The van der Waals surface area contributed by atoms with Gasteiger partial charge >= 0.3 is 11.8 Å². The molecule has 5 rings (SSSR count). The fourth-order valence-electron chi connectivity index (χ4n) is 5.46. The summed E-state index contributed by atoms with van der Waals surface area (Å²) in [5.74, 6) is -1.10. The zero-order valence-electron chi connectivity index (χ0n) is 23.9. The molecule has 2 aliphatic rings. The lowest BCUT2D eigenvalue weighted by Gasteiger charge is -2.41. The van der Waals surface area contributed by atoms with Gasteiger partial charge in [0.1, 0.15) is 11.4 Å². The van der Waals surface area contributed by atoms with Crippen molar-refractivity contribution < 1.29 is 18.7 Å². The molecule has 3 heterocycles. The largest absolute Gasteiger partial charge is 0.444 e. The number of fused-ring (bicyclic) bond motifs is 2. The molecule has 2 amide bonds. The quantitative estimate of drug-likeness (QED) is 0.482. The van der Waals surface area contributed by atoms with Gasteiger partial charge in [-0.3, -0.25) is 14.2 Å². The van der Waals surface area contributed by atoms with Crippen LogP contribution in [0.15, 0.2) is 52.1 Å². The van der Waals surface area contributed by atoms with Gasteiger partial charge in [0.25, 0.3) is 11.5 Å². The fraction of sp³-hybridized carbons (Fsp3) is 0.433. The van der Waals surface area contributed by atoms with Crippen molar-refractivity contribution in [2.75, 3.05) is 13.1 Å². The molecule has 2 aromatic carbocycles. The molecule has 1 aromatic heterocycles. The van der Waals surface area contributed by atoms with E-state index in [1.807, 2.05) is 19.9 Å². The second kappa shape index (κ2) is 10.6. The minimum atomic E-state index is -0.849. The molecular formula is C30H34FN5O5. The molecule has 0 radical (unpaired) electrons. The minimum absolute atomic E-state index is 0.234. The molecule has 2 saturated heterocycles. The van der Waals surface area contributed by atoms with Gasteiger partial charge in [0, 0.05) is 13.1 Å². The highest BCUT2D eigenvalue weighted by Gasteiger charge is 2.46. The number of hydrogen-bond donors (Lipinski definition) is 0. The number of likely N-dealkylation sites (tertiary alicyclic amines) is 1. The number of carbonyl (C=O) groups excluding carboxylic acids is 2. The lowest BCUT2D eigenvalue weighted by Crippen LogP contribution is -2.59. The van der Waals surface area contributed by atoms with Crippen LogP contribution in [0.5, 0.6) is 0 Å². The fourth-order valence-corrected chi connectivity index (χ4v) is 5.46. The Labute approximate surface area is 237 Å². The average molecular weight is 564 g/mol. The first-order valence-electron chi connectivity index (χ1n) is 13.7. The first-order valence-corrected chi connectivity index (χ1v) is 13.7. The summed E-state index contributed by atoms with van der Waals surface area (Å²) in [7, 11) is 0. The molecule has 0 saturated carbocycles. The SMILES string of the molecule is Cc1ccc(-n2nc(C(=O)N3C4CCC3CN(C(=O)OC(C)(C)C)C4)c(=O)n(Cc3cccc(F)c3)c2=O)cc1C. The number of hydrogen-bond acceptors (Lipinski definition) is 6. The number of aromatic nitrogens is 3. The van der Waals surface area contributed by atoms with E-state index < -0.39 is 40.4 Å². The lowest BCUT2D eigenvalue weighted by atomic mass is 10.1. The Morgan fingerprint density at radius 3 is 2.29 bits per heavy atom. The van der Waals surface area contributed by atoms with Crippen LogP contribution >= 0.6 is 0 Å². The van der Waals surface area contributed by atoms with Gasteiger partial charge in [0.05, 0.1) is 24.3 Å². The van der Waals surface area contributed by atoms with E-state index in [1.54, 1.807) is 48.8 Å². The third-order valence-corrected chi connectivity index (χ3v) is 7.60. The van der Waals surface area contributed by atoms with Crippen molar-refractivity contribution in [3.05, 3.63) is 91.5 Å². The van der Waals surface area contributed by atoms with Crippen LogP contribution in [-0.2, 0) is 11.3 Å². The van der Waals surface area contributed by atoms with Crippen molar-refractivity contribution in [1.29, 1.82) is 0 Å². The molecule has 2 atom stereocenters. The number of amides is 2. The normalized spacial score (nSPS) is 18.5. The first kappa shape index (κ1) is 28.3. The van der Waals surface area contributed by atoms with Gasteiger partial charge in [-0.15, -0.1) is 0 Å². The standard InChI is InChI=1S/C30H34FN5O5/c1-18-9-10-22(13-19(18)2)36-28(39)34(15-20-7-6-8-21(31)14-20)26(37)25(32-36)27(38)35-23-11-12-24(35)17-33(16-23)29(40)41-30(3,4)5/h6-10,13-14,23-24H,11-12,15-17H2,1-5H3. The third-order valence-electron chi connectivity index (χ3n) is 7.60. The van der Waals surface area contributed by atoms with E-state index in [4.69, 9.17) is 4.74 Å². The number of benzene rings is 2. The van der Waals surface area contributed by atoms with Gasteiger partial charge in [-0.1, -0.05) is 18.2 Å². The highest BCUT2D eigenvalue weighted by molar-refractivity contribution is 5.92. The summed E-state index contributed by atoms with van der Waals surface area (Å²) in [5, 5.41) is 4.31. The molecule has 2 fully saturated rings. The Kier molecular flexibility index (Phi) is 7.31. The molecule has 41 heavy (non-hydrogen) atoms. The number of carbonyl (C=O) groups is 2.